The minimum Gasteiger partial charge on any atom is -0.437 e. The summed E-state index contributed by atoms with van der Waals surface area (Å²) in [6, 6.07) is 47.5. The predicted octanol–water partition coefficient (Wildman–Crippen LogP) is 17.1. The summed E-state index contributed by atoms with van der Waals surface area (Å²) in [5.41, 5.74) is 11.3. The fraction of sp³-hybridized carbons (Fsp3) is 0.323. The number of hydrogen-bond donors (Lipinski definition) is 0. The van der Waals surface area contributed by atoms with E-state index in [1.165, 1.54) is 6.07 Å². The van der Waals surface area contributed by atoms with Crippen LogP contribution in [0.3, 0.4) is 0 Å². The van der Waals surface area contributed by atoms with E-state index >= 15 is 0 Å². The fourth-order valence-electron chi connectivity index (χ4n) is 10.9. The van der Waals surface area contributed by atoms with Crippen LogP contribution >= 0.6 is 0 Å². The first-order chi connectivity index (χ1) is 37.3. The molecule has 4 aromatic carbocycles. The molecule has 2 saturated carbocycles. The van der Waals surface area contributed by atoms with Gasteiger partial charge in [0.05, 0.1) is 17.1 Å². The lowest BCUT2D eigenvalue weighted by Crippen LogP contribution is -2.24. The minimum absolute atomic E-state index is 0.0477. The van der Waals surface area contributed by atoms with Crippen LogP contribution in [0.5, 0.6) is 0 Å². The van der Waals surface area contributed by atoms with Crippen LogP contribution in [0.4, 0.5) is 0 Å². The third kappa shape index (κ3) is 10.4. The highest BCUT2D eigenvalue weighted by Gasteiger charge is 2.30. The van der Waals surface area contributed by atoms with Crippen molar-refractivity contribution in [2.45, 2.75) is 110 Å². The summed E-state index contributed by atoms with van der Waals surface area (Å²) in [5, 5.41) is 1.47. The zero-order valence-electron chi connectivity index (χ0n) is 48.3. The van der Waals surface area contributed by atoms with Gasteiger partial charge in [-0.1, -0.05) is 123 Å². The lowest BCUT2D eigenvalue weighted by molar-refractivity contribution is 0.172. The molecule has 0 bridgehead atoms. The molecule has 5 nitrogen and oxygen atoms in total. The number of nitrogens with zero attached hydrogens (tertiary/aromatic N) is 4. The highest BCUT2D eigenvalue weighted by atomic mass is 16.3. The van der Waals surface area contributed by atoms with Crippen LogP contribution in [-0.2, 0) is 19.3 Å². The first kappa shape index (κ1) is 37.2. The summed E-state index contributed by atoms with van der Waals surface area (Å²) in [6.07, 6.45) is 9.05. The van der Waals surface area contributed by atoms with E-state index in [1.54, 1.807) is 18.5 Å². The first-order valence-electron chi connectivity index (χ1n) is 29.2. The van der Waals surface area contributed by atoms with E-state index in [4.69, 9.17) is 23.5 Å². The second-order valence-corrected chi connectivity index (χ2v) is 20.5. The van der Waals surface area contributed by atoms with Crippen molar-refractivity contribution in [3.8, 4) is 44.9 Å². The first-order valence-corrected chi connectivity index (χ1v) is 25.2. The Kier molecular flexibility index (Phi) is 10.8. The molecule has 352 valence electrons. The van der Waals surface area contributed by atoms with Gasteiger partial charge >= 0.3 is 0 Å². The van der Waals surface area contributed by atoms with Crippen molar-refractivity contribution in [1.82, 2.24) is 19.9 Å². The van der Waals surface area contributed by atoms with Gasteiger partial charge in [0.1, 0.15) is 5.58 Å². The van der Waals surface area contributed by atoms with Crippen LogP contribution in [0.1, 0.15) is 123 Å². The Morgan fingerprint density at radius 2 is 1.23 bits per heavy atom. The summed E-state index contributed by atoms with van der Waals surface area (Å²) in [5.74, 6) is -1.49. The van der Waals surface area contributed by atoms with Crippen LogP contribution in [-0.4, -0.2) is 19.9 Å². The standard InChI is InChI=1S/C65H66N4O/c1-44-17-30-57-56-15-10-16-58(63(56)70-64(57)69-44)62-40-59(52-28-26-50(27-29-52)51-33-35-65(2,3)36-34-51)55(43-68-62)25-22-49-38-47(20-18-45-23-31-60(66-41-45)53-11-6-4-7-12-53)37-48(39-49)21-19-46-24-32-61(67-42-46)54-13-8-5-9-14-54/h4-17,23-24,26-32,40-43,47-49,51H,18-22,25,33-39H2,1-3H3/i1D3,20D2,22D2,51D. The largest absolute Gasteiger partial charge is 0.437 e. The lowest BCUT2D eigenvalue weighted by Gasteiger charge is -2.35. The van der Waals surface area contributed by atoms with Crippen molar-refractivity contribution in [2.75, 3.05) is 0 Å². The molecule has 0 amide bonds. The zero-order valence-corrected chi connectivity index (χ0v) is 40.3. The van der Waals surface area contributed by atoms with Crippen LogP contribution in [0.25, 0.3) is 67.0 Å². The highest BCUT2D eigenvalue weighted by Crippen LogP contribution is 2.44. The maximum absolute atomic E-state index is 10.1. The molecule has 0 N–H and O–H groups in total. The van der Waals surface area contributed by atoms with Crippen LogP contribution in [0.2, 0.25) is 0 Å². The molecule has 3 atom stereocenters. The van der Waals surface area contributed by atoms with Gasteiger partial charge in [0.2, 0.25) is 5.71 Å². The van der Waals surface area contributed by atoms with Crippen molar-refractivity contribution in [2.24, 2.45) is 23.2 Å². The van der Waals surface area contributed by atoms with Gasteiger partial charge in [-0.3, -0.25) is 15.0 Å². The van der Waals surface area contributed by atoms with E-state index in [0.29, 0.717) is 41.5 Å². The summed E-state index contributed by atoms with van der Waals surface area (Å²) in [7, 11) is 0. The molecule has 2 aliphatic rings. The average Bonchev–Trinajstić information content (AvgIpc) is 3.85. The molecular formula is C65H66N4O. The van der Waals surface area contributed by atoms with Crippen molar-refractivity contribution in [3.05, 3.63) is 192 Å². The van der Waals surface area contributed by atoms with Crippen molar-refractivity contribution in [3.63, 3.8) is 0 Å². The summed E-state index contributed by atoms with van der Waals surface area (Å²) in [4.78, 5) is 19.0. The maximum Gasteiger partial charge on any atom is 0.227 e. The summed E-state index contributed by atoms with van der Waals surface area (Å²) < 4.78 is 79.5. The number of fused-ring (bicyclic) bond motifs is 3. The molecule has 2 fully saturated rings. The van der Waals surface area contributed by atoms with Crippen LogP contribution in [0.15, 0.2) is 169 Å². The molecule has 0 radical (unpaired) electrons. The summed E-state index contributed by atoms with van der Waals surface area (Å²) in [6.45, 7) is 2.16. The molecule has 3 unspecified atom stereocenters. The molecule has 9 aromatic rings. The Balaban J connectivity index is 0.923. The maximum atomic E-state index is 10.1. The van der Waals surface area contributed by atoms with E-state index in [2.05, 4.69) is 67.4 Å². The highest BCUT2D eigenvalue weighted by molar-refractivity contribution is 6.08. The number of pyridine rings is 4. The fourth-order valence-corrected chi connectivity index (χ4v) is 10.9. The van der Waals surface area contributed by atoms with Gasteiger partial charge in [0.15, 0.2) is 0 Å². The Bertz CT molecular complexity index is 3530. The van der Waals surface area contributed by atoms with E-state index in [0.717, 1.165) is 99.8 Å². The van der Waals surface area contributed by atoms with Gasteiger partial charge in [-0.15, -0.1) is 0 Å². The quantitative estimate of drug-likeness (QED) is 0.109. The minimum atomic E-state index is -2.40. The van der Waals surface area contributed by atoms with Gasteiger partial charge in [-0.25, -0.2) is 4.98 Å². The lowest BCUT2D eigenvalue weighted by atomic mass is 9.70. The normalized spacial score (nSPS) is 21.1. The number of aryl methyl sites for hydroxylation is 4. The van der Waals surface area contributed by atoms with Gasteiger partial charge in [0, 0.05) is 62.7 Å². The topological polar surface area (TPSA) is 64.7 Å². The van der Waals surface area contributed by atoms with Gasteiger partial charge < -0.3 is 4.42 Å². The van der Waals surface area contributed by atoms with E-state index in [-0.39, 0.29) is 35.6 Å². The molecule has 5 heteroatoms. The second-order valence-electron chi connectivity index (χ2n) is 20.5. The molecule has 11 rings (SSSR count). The number of benzene rings is 4. The smallest absolute Gasteiger partial charge is 0.227 e. The van der Waals surface area contributed by atoms with Gasteiger partial charge in [-0.2, -0.15) is 0 Å². The Hall–Kier alpha value is -6.72. The van der Waals surface area contributed by atoms with Crippen molar-refractivity contribution >= 4 is 22.1 Å². The Morgan fingerprint density at radius 1 is 0.586 bits per heavy atom. The third-order valence-electron chi connectivity index (χ3n) is 15.0. The number of rotatable bonds is 14. The molecule has 2 aliphatic carbocycles. The van der Waals surface area contributed by atoms with Gasteiger partial charge in [-0.05, 0) is 189 Å². The van der Waals surface area contributed by atoms with E-state index in [1.807, 2.05) is 91.1 Å². The third-order valence-corrected chi connectivity index (χ3v) is 15.0. The molecule has 5 heterocycles. The zero-order chi connectivity index (χ0) is 54.5. The molecule has 0 aliphatic heterocycles. The number of hydrogen-bond acceptors (Lipinski definition) is 5. The van der Waals surface area contributed by atoms with Crippen molar-refractivity contribution in [1.29, 1.82) is 0 Å². The molecule has 5 aromatic heterocycles. The second kappa shape index (κ2) is 20.3. The van der Waals surface area contributed by atoms with Gasteiger partial charge in [0.25, 0.3) is 0 Å². The van der Waals surface area contributed by atoms with E-state index in [9.17, 15) is 6.85 Å². The number of aromatic nitrogens is 4. The van der Waals surface area contributed by atoms with Crippen molar-refractivity contribution < 1.29 is 15.4 Å². The average molecular weight is 927 g/mol. The molecule has 70 heavy (non-hydrogen) atoms. The van der Waals surface area contributed by atoms with Crippen LogP contribution in [0, 0.1) is 30.0 Å². The molecular weight excluding hydrogens is 853 g/mol. The monoisotopic (exact) mass is 927 g/mol. The number of furan rings is 1. The van der Waals surface area contributed by atoms with E-state index < -0.39 is 37.3 Å². The Labute approximate surface area is 426 Å². The Morgan fingerprint density at radius 3 is 1.89 bits per heavy atom. The molecule has 0 saturated heterocycles. The molecule has 0 spiro atoms. The SMILES string of the molecule is [2H]C([2H])([2H])c1ccc2c(n1)oc1c(-c3cc(-c4ccc(C5([2H])CCC(C)(C)CC5)cc4)c(CC([2H])([2H])C4CC(CCc5ccc(-c6ccccc6)nc5)CC(C([2H])([2H])Cc5ccc(-c6ccccc6)nc5)C4)cn3)cccc12. The predicted molar refractivity (Wildman–Crippen MR) is 289 cm³/mol. The number of para-hydroxylation sites is 1. The summed E-state index contributed by atoms with van der Waals surface area (Å²) >= 11 is 0. The van der Waals surface area contributed by atoms with Crippen LogP contribution < -0.4 is 0 Å².